The standard InChI is InChI=1S/C29H34ClN5OS/c30-26-11-9-24(10-12-26)27(23-6-2-1-3-7-23)35-19-17-34(18-20-35)16-5-14-32-28(36)29(33-15-21-37-29)25-8-4-13-31-22-25/h1-4,6-13,22,27,33H,5,14-21H2,(H,32,36)/t27?,29-/m1/s1. The minimum Gasteiger partial charge on any atom is -0.353 e. The van der Waals surface area contributed by atoms with Crippen LogP contribution in [0.2, 0.25) is 5.02 Å². The molecule has 1 unspecified atom stereocenters. The molecule has 0 saturated carbocycles. The molecule has 0 spiro atoms. The van der Waals surface area contributed by atoms with Crippen LogP contribution in [-0.2, 0) is 9.67 Å². The van der Waals surface area contributed by atoms with Crippen LogP contribution in [0.1, 0.15) is 29.2 Å². The smallest absolute Gasteiger partial charge is 0.255 e. The SMILES string of the molecule is O=C(NCCCN1CCN(C(c2ccccc2)c2ccc(Cl)cc2)CC1)[C@]1(c2cccnc2)NCCS1. The molecule has 2 atom stereocenters. The van der Waals surface area contributed by atoms with Crippen molar-refractivity contribution < 1.29 is 4.79 Å². The van der Waals surface area contributed by atoms with Crippen molar-refractivity contribution in [2.24, 2.45) is 0 Å². The van der Waals surface area contributed by atoms with Gasteiger partial charge in [-0.1, -0.05) is 60.1 Å². The average Bonchev–Trinajstić information content (AvgIpc) is 3.46. The zero-order chi connectivity index (χ0) is 25.5. The second-order valence-electron chi connectivity index (χ2n) is 9.55. The summed E-state index contributed by atoms with van der Waals surface area (Å²) in [5.74, 6) is 0.938. The van der Waals surface area contributed by atoms with Crippen molar-refractivity contribution in [3.05, 3.63) is 101 Å². The van der Waals surface area contributed by atoms with Crippen molar-refractivity contribution in [2.45, 2.75) is 17.3 Å². The van der Waals surface area contributed by atoms with Crippen LogP contribution in [0, 0.1) is 0 Å². The van der Waals surface area contributed by atoms with E-state index in [1.165, 1.54) is 11.1 Å². The van der Waals surface area contributed by atoms with Crippen molar-refractivity contribution in [3.8, 4) is 0 Å². The van der Waals surface area contributed by atoms with Crippen molar-refractivity contribution in [2.75, 3.05) is 51.6 Å². The van der Waals surface area contributed by atoms with E-state index in [2.05, 4.69) is 67.9 Å². The minimum absolute atomic E-state index is 0.0292. The highest BCUT2D eigenvalue weighted by atomic mass is 35.5. The first-order valence-electron chi connectivity index (χ1n) is 13.0. The summed E-state index contributed by atoms with van der Waals surface area (Å²) in [6.07, 6.45) is 4.46. The third-order valence-electron chi connectivity index (χ3n) is 7.19. The number of hydrogen-bond acceptors (Lipinski definition) is 6. The second-order valence-corrected chi connectivity index (χ2v) is 11.3. The number of carbonyl (C=O) groups is 1. The van der Waals surface area contributed by atoms with Gasteiger partial charge in [-0.05, 0) is 42.3 Å². The Labute approximate surface area is 228 Å². The zero-order valence-electron chi connectivity index (χ0n) is 21.0. The third-order valence-corrected chi connectivity index (χ3v) is 8.85. The molecule has 8 heteroatoms. The van der Waals surface area contributed by atoms with Gasteiger partial charge in [0.2, 0.25) is 0 Å². The fourth-order valence-electron chi connectivity index (χ4n) is 5.28. The predicted octanol–water partition coefficient (Wildman–Crippen LogP) is 4.14. The summed E-state index contributed by atoms with van der Waals surface area (Å²) in [6.45, 7) is 6.49. The predicted molar refractivity (Wildman–Crippen MR) is 152 cm³/mol. The molecule has 2 fully saturated rings. The van der Waals surface area contributed by atoms with Crippen LogP contribution in [0.3, 0.4) is 0 Å². The number of hydrogen-bond donors (Lipinski definition) is 2. The number of carbonyl (C=O) groups excluding carboxylic acids is 1. The van der Waals surface area contributed by atoms with E-state index < -0.39 is 4.87 Å². The Morgan fingerprint density at radius 2 is 1.78 bits per heavy atom. The van der Waals surface area contributed by atoms with Gasteiger partial charge in [-0.3, -0.25) is 20.0 Å². The first-order valence-corrected chi connectivity index (χ1v) is 14.4. The van der Waals surface area contributed by atoms with E-state index in [4.69, 9.17) is 11.6 Å². The largest absolute Gasteiger partial charge is 0.353 e. The van der Waals surface area contributed by atoms with Gasteiger partial charge in [-0.2, -0.15) is 0 Å². The number of piperazine rings is 1. The highest BCUT2D eigenvalue weighted by molar-refractivity contribution is 8.01. The van der Waals surface area contributed by atoms with E-state index in [0.717, 1.165) is 62.0 Å². The molecule has 1 aromatic heterocycles. The maximum atomic E-state index is 13.2. The fraction of sp³-hybridized carbons (Fsp3) is 0.379. The lowest BCUT2D eigenvalue weighted by Crippen LogP contribution is -2.50. The van der Waals surface area contributed by atoms with Crippen molar-refractivity contribution in [1.29, 1.82) is 0 Å². The van der Waals surface area contributed by atoms with E-state index in [0.29, 0.717) is 6.54 Å². The molecule has 2 N–H and O–H groups in total. The van der Waals surface area contributed by atoms with Crippen LogP contribution in [0.25, 0.3) is 0 Å². The van der Waals surface area contributed by atoms with Crippen LogP contribution >= 0.6 is 23.4 Å². The molecular formula is C29H34ClN5OS. The van der Waals surface area contributed by atoms with E-state index in [9.17, 15) is 4.79 Å². The number of rotatable bonds is 9. The van der Waals surface area contributed by atoms with Gasteiger partial charge < -0.3 is 10.2 Å². The number of nitrogens with one attached hydrogen (secondary N) is 2. The lowest BCUT2D eigenvalue weighted by molar-refractivity contribution is -0.124. The van der Waals surface area contributed by atoms with E-state index in [-0.39, 0.29) is 11.9 Å². The number of halogens is 1. The third kappa shape index (κ3) is 6.19. The van der Waals surface area contributed by atoms with E-state index >= 15 is 0 Å². The van der Waals surface area contributed by atoms with Crippen LogP contribution < -0.4 is 10.6 Å². The Hall–Kier alpha value is -2.42. The number of benzene rings is 2. The first kappa shape index (κ1) is 26.2. The Morgan fingerprint density at radius 1 is 1.03 bits per heavy atom. The van der Waals surface area contributed by atoms with Crippen LogP contribution in [0.4, 0.5) is 0 Å². The van der Waals surface area contributed by atoms with Crippen molar-refractivity contribution in [1.82, 2.24) is 25.4 Å². The van der Waals surface area contributed by atoms with Crippen molar-refractivity contribution in [3.63, 3.8) is 0 Å². The zero-order valence-corrected chi connectivity index (χ0v) is 22.6. The number of amides is 1. The lowest BCUT2D eigenvalue weighted by atomic mass is 9.96. The monoisotopic (exact) mass is 535 g/mol. The summed E-state index contributed by atoms with van der Waals surface area (Å²) in [6, 6.07) is 23.1. The summed E-state index contributed by atoms with van der Waals surface area (Å²) in [5, 5.41) is 7.35. The van der Waals surface area contributed by atoms with Gasteiger partial charge in [0.25, 0.3) is 5.91 Å². The number of nitrogens with zero attached hydrogens (tertiary/aromatic N) is 3. The number of pyridine rings is 1. The highest BCUT2D eigenvalue weighted by Crippen LogP contribution is 2.37. The van der Waals surface area contributed by atoms with Gasteiger partial charge in [0.1, 0.15) is 0 Å². The summed E-state index contributed by atoms with van der Waals surface area (Å²) >= 11 is 7.82. The molecule has 0 bridgehead atoms. The topological polar surface area (TPSA) is 60.5 Å². The maximum Gasteiger partial charge on any atom is 0.255 e. The highest BCUT2D eigenvalue weighted by Gasteiger charge is 2.43. The minimum atomic E-state index is -0.728. The molecule has 2 aromatic carbocycles. The summed E-state index contributed by atoms with van der Waals surface area (Å²) in [7, 11) is 0. The average molecular weight is 536 g/mol. The fourth-order valence-corrected chi connectivity index (χ4v) is 6.62. The van der Waals surface area contributed by atoms with Gasteiger partial charge in [-0.15, -0.1) is 11.8 Å². The summed E-state index contributed by atoms with van der Waals surface area (Å²) in [5.41, 5.74) is 3.49. The molecule has 194 valence electrons. The first-order chi connectivity index (χ1) is 18.2. The van der Waals surface area contributed by atoms with Crippen LogP contribution in [0.15, 0.2) is 79.1 Å². The van der Waals surface area contributed by atoms with Crippen LogP contribution in [-0.4, -0.2) is 72.3 Å². The molecule has 3 heterocycles. The second kappa shape index (κ2) is 12.4. The number of aromatic nitrogens is 1. The van der Waals surface area contributed by atoms with Gasteiger partial charge in [0.05, 0.1) is 6.04 Å². The van der Waals surface area contributed by atoms with E-state index in [1.807, 2.05) is 24.3 Å². The molecule has 2 aliphatic rings. The molecule has 3 aromatic rings. The lowest BCUT2D eigenvalue weighted by Gasteiger charge is -2.40. The molecule has 0 aliphatic carbocycles. The summed E-state index contributed by atoms with van der Waals surface area (Å²) < 4.78 is 0. The Morgan fingerprint density at radius 3 is 2.46 bits per heavy atom. The molecule has 2 saturated heterocycles. The van der Waals surface area contributed by atoms with Gasteiger partial charge in [-0.25, -0.2) is 0 Å². The van der Waals surface area contributed by atoms with Crippen molar-refractivity contribution >= 4 is 29.3 Å². The molecule has 6 nitrogen and oxygen atoms in total. The molecule has 5 rings (SSSR count). The molecule has 2 aliphatic heterocycles. The molecule has 37 heavy (non-hydrogen) atoms. The molecule has 1 amide bonds. The maximum absolute atomic E-state index is 13.2. The Bertz CT molecular complexity index is 1130. The van der Waals surface area contributed by atoms with E-state index in [1.54, 1.807) is 24.2 Å². The summed E-state index contributed by atoms with van der Waals surface area (Å²) in [4.78, 5) is 21.7. The normalized spacial score (nSPS) is 21.5. The quantitative estimate of drug-likeness (QED) is 0.402. The Kier molecular flexibility index (Phi) is 8.79. The molecular weight excluding hydrogens is 502 g/mol. The van der Waals surface area contributed by atoms with Gasteiger partial charge in [0, 0.05) is 68.0 Å². The molecule has 0 radical (unpaired) electrons. The van der Waals surface area contributed by atoms with Gasteiger partial charge >= 0.3 is 0 Å². The number of thioether (sulfide) groups is 1. The Balaban J connectivity index is 1.12. The van der Waals surface area contributed by atoms with Gasteiger partial charge in [0.15, 0.2) is 4.87 Å². The van der Waals surface area contributed by atoms with Crippen LogP contribution in [0.5, 0.6) is 0 Å².